The number of nitrogen functional groups attached to an aromatic ring is 1. The number of halogens is 3. The third-order valence-electron chi connectivity index (χ3n) is 4.49. The van der Waals surface area contributed by atoms with Crippen molar-refractivity contribution in [3.05, 3.63) is 5.15 Å². The number of hydrogen-bond donors (Lipinski definition) is 2. The Morgan fingerprint density at radius 1 is 1.36 bits per heavy atom. The molecule has 3 N–H and O–H groups in total. The van der Waals surface area contributed by atoms with Crippen LogP contribution in [0.15, 0.2) is 5.16 Å². The van der Waals surface area contributed by atoms with Gasteiger partial charge < -0.3 is 25.3 Å². The third kappa shape index (κ3) is 4.96. The van der Waals surface area contributed by atoms with E-state index in [1.54, 1.807) is 13.8 Å². The monoisotopic (exact) mass is 438 g/mol. The number of thioether (sulfide) groups is 1. The number of ether oxygens (including phenoxy) is 3. The Hall–Kier alpha value is -0.940. The molecule has 158 valence electrons. The first-order valence-electron chi connectivity index (χ1n) is 9.18. The van der Waals surface area contributed by atoms with Gasteiger partial charge in [0.25, 0.3) is 6.43 Å². The zero-order chi connectivity index (χ0) is 20.5. The average molecular weight is 439 g/mol. The van der Waals surface area contributed by atoms with Crippen LogP contribution in [0, 0.1) is 0 Å². The van der Waals surface area contributed by atoms with Crippen molar-refractivity contribution in [3.8, 4) is 0 Å². The predicted molar refractivity (Wildman–Crippen MR) is 104 cm³/mol. The third-order valence-corrected chi connectivity index (χ3v) is 5.83. The molecule has 0 bridgehead atoms. The van der Waals surface area contributed by atoms with Gasteiger partial charge in [0, 0.05) is 5.75 Å². The summed E-state index contributed by atoms with van der Waals surface area (Å²) in [6.07, 6.45) is -2.54. The highest BCUT2D eigenvalue weighted by molar-refractivity contribution is 7.99. The highest BCUT2D eigenvalue weighted by Crippen LogP contribution is 2.41. The van der Waals surface area contributed by atoms with Gasteiger partial charge in [-0.05, 0) is 26.7 Å². The van der Waals surface area contributed by atoms with Crippen molar-refractivity contribution in [2.45, 2.75) is 75.3 Å². The van der Waals surface area contributed by atoms with Gasteiger partial charge in [-0.2, -0.15) is 0 Å². The van der Waals surface area contributed by atoms with Crippen molar-refractivity contribution in [3.63, 3.8) is 0 Å². The highest BCUT2D eigenvalue weighted by Gasteiger charge is 2.55. The fraction of sp³-hybridized carbons (Fsp3) is 0.765. The minimum atomic E-state index is -2.55. The summed E-state index contributed by atoms with van der Waals surface area (Å²) in [5, 5.41) is 3.93. The van der Waals surface area contributed by atoms with Crippen LogP contribution in [-0.4, -0.2) is 58.9 Å². The van der Waals surface area contributed by atoms with E-state index < -0.39 is 37.1 Å². The van der Waals surface area contributed by atoms with Crippen LogP contribution in [0.5, 0.6) is 0 Å². The van der Waals surface area contributed by atoms with Crippen LogP contribution in [0.1, 0.15) is 33.6 Å². The predicted octanol–water partition coefficient (Wildman–Crippen LogP) is 3.57. The molecule has 1 aromatic heterocycles. The SMILES string of the molecule is CCCSc1nc(Cl)c(N)c(N[C@@H]2C[C@H](OCC(F)F)[C@H]3OC(C)(C)OC23)n1. The molecule has 2 aliphatic rings. The molecule has 1 unspecified atom stereocenters. The molecule has 1 aliphatic heterocycles. The number of nitrogens with zero attached hydrogens (tertiary/aromatic N) is 2. The average Bonchev–Trinajstić information content (AvgIpc) is 3.09. The molecule has 1 saturated carbocycles. The first kappa shape index (κ1) is 21.8. The van der Waals surface area contributed by atoms with E-state index in [2.05, 4.69) is 22.2 Å². The second-order valence-corrected chi connectivity index (χ2v) is 8.64. The van der Waals surface area contributed by atoms with E-state index in [0.29, 0.717) is 17.4 Å². The molecule has 4 atom stereocenters. The van der Waals surface area contributed by atoms with Crippen molar-refractivity contribution in [1.82, 2.24) is 9.97 Å². The first-order chi connectivity index (χ1) is 13.2. The highest BCUT2D eigenvalue weighted by atomic mass is 35.5. The van der Waals surface area contributed by atoms with Crippen molar-refractivity contribution in [2.24, 2.45) is 0 Å². The van der Waals surface area contributed by atoms with E-state index in [9.17, 15) is 8.78 Å². The van der Waals surface area contributed by atoms with E-state index in [1.807, 2.05) is 0 Å². The number of rotatable bonds is 8. The van der Waals surface area contributed by atoms with Crippen LogP contribution < -0.4 is 11.1 Å². The van der Waals surface area contributed by atoms with Gasteiger partial charge in [-0.15, -0.1) is 0 Å². The minimum absolute atomic E-state index is 0.167. The molecule has 1 aromatic rings. The number of anilines is 2. The standard InChI is InChI=1S/C17H25ClF2N4O3S/c1-4-5-28-16-23-14(18)11(21)15(24-16)22-8-6-9(25-7-10(19)20)13-12(8)26-17(2,3)27-13/h8-10,12-13H,4-7,21H2,1-3H3,(H,22,23,24)/t8-,9+,12?,13-/m1/s1. The summed E-state index contributed by atoms with van der Waals surface area (Å²) in [4.78, 5) is 8.65. The zero-order valence-corrected chi connectivity index (χ0v) is 17.5. The van der Waals surface area contributed by atoms with E-state index in [4.69, 9.17) is 31.5 Å². The number of hydrogen-bond acceptors (Lipinski definition) is 8. The molecule has 3 rings (SSSR count). The second-order valence-electron chi connectivity index (χ2n) is 7.22. The maximum Gasteiger partial charge on any atom is 0.261 e. The molecule has 11 heteroatoms. The largest absolute Gasteiger partial charge is 0.393 e. The van der Waals surface area contributed by atoms with E-state index in [0.717, 1.165) is 12.2 Å². The molecule has 2 fully saturated rings. The lowest BCUT2D eigenvalue weighted by Gasteiger charge is -2.24. The normalized spacial score (nSPS) is 28.7. The molecule has 7 nitrogen and oxygen atoms in total. The summed E-state index contributed by atoms with van der Waals surface area (Å²) in [5.74, 6) is 0.409. The van der Waals surface area contributed by atoms with E-state index in [1.165, 1.54) is 11.8 Å². The lowest BCUT2D eigenvalue weighted by Crippen LogP contribution is -2.35. The summed E-state index contributed by atoms with van der Waals surface area (Å²) in [6.45, 7) is 4.97. The van der Waals surface area contributed by atoms with Crippen LogP contribution in [0.2, 0.25) is 5.15 Å². The molecule has 1 aliphatic carbocycles. The van der Waals surface area contributed by atoms with Gasteiger partial charge >= 0.3 is 0 Å². The van der Waals surface area contributed by atoms with Crippen molar-refractivity contribution >= 4 is 34.9 Å². The Balaban J connectivity index is 1.78. The zero-order valence-electron chi connectivity index (χ0n) is 16.0. The van der Waals surface area contributed by atoms with E-state index >= 15 is 0 Å². The van der Waals surface area contributed by atoms with Crippen LogP contribution in [0.25, 0.3) is 0 Å². The smallest absolute Gasteiger partial charge is 0.261 e. The number of fused-ring (bicyclic) bond motifs is 1. The van der Waals surface area contributed by atoms with Gasteiger partial charge in [-0.3, -0.25) is 0 Å². The van der Waals surface area contributed by atoms with Crippen molar-refractivity contribution < 1.29 is 23.0 Å². The van der Waals surface area contributed by atoms with Crippen molar-refractivity contribution in [2.75, 3.05) is 23.4 Å². The minimum Gasteiger partial charge on any atom is -0.393 e. The number of alkyl halides is 2. The molecule has 0 aromatic carbocycles. The molecule has 28 heavy (non-hydrogen) atoms. The summed E-state index contributed by atoms with van der Waals surface area (Å²) >= 11 is 7.64. The Kier molecular flexibility index (Phi) is 6.86. The van der Waals surface area contributed by atoms with Crippen LogP contribution >= 0.6 is 23.4 Å². The summed E-state index contributed by atoms with van der Waals surface area (Å²) in [5.41, 5.74) is 6.28. The molecule has 2 heterocycles. The van der Waals surface area contributed by atoms with Gasteiger partial charge in [0.05, 0.1) is 12.1 Å². The maximum absolute atomic E-state index is 12.6. The van der Waals surface area contributed by atoms with Crippen molar-refractivity contribution in [1.29, 1.82) is 0 Å². The Morgan fingerprint density at radius 2 is 2.07 bits per heavy atom. The molecule has 0 spiro atoms. The summed E-state index contributed by atoms with van der Waals surface area (Å²) in [6, 6.07) is -0.285. The first-order valence-corrected chi connectivity index (χ1v) is 10.5. The maximum atomic E-state index is 12.6. The number of aromatic nitrogens is 2. The fourth-order valence-electron chi connectivity index (χ4n) is 3.40. The van der Waals surface area contributed by atoms with Gasteiger partial charge in [0.2, 0.25) is 0 Å². The molecular weight excluding hydrogens is 414 g/mol. The number of nitrogens with two attached hydrogens (primary N) is 1. The van der Waals surface area contributed by atoms with Crippen LogP contribution in [-0.2, 0) is 14.2 Å². The molecule has 0 amide bonds. The Bertz CT molecular complexity index is 701. The molecular formula is C17H25ClF2N4O3S. The lowest BCUT2D eigenvalue weighted by molar-refractivity contribution is -0.170. The summed E-state index contributed by atoms with van der Waals surface area (Å²) < 4.78 is 42.5. The van der Waals surface area contributed by atoms with E-state index in [-0.39, 0.29) is 16.9 Å². The van der Waals surface area contributed by atoms with Gasteiger partial charge in [-0.1, -0.05) is 30.3 Å². The quantitative estimate of drug-likeness (QED) is 0.361. The number of nitrogens with one attached hydrogen (secondary N) is 1. The second kappa shape index (κ2) is 8.83. The Morgan fingerprint density at radius 3 is 2.75 bits per heavy atom. The van der Waals surface area contributed by atoms with Gasteiger partial charge in [-0.25, -0.2) is 18.7 Å². The summed E-state index contributed by atoms with van der Waals surface area (Å²) in [7, 11) is 0. The fourth-order valence-corrected chi connectivity index (χ4v) is 4.32. The molecule has 0 radical (unpaired) electrons. The van der Waals surface area contributed by atoms with Crippen LogP contribution in [0.3, 0.4) is 0 Å². The Labute approximate surface area is 172 Å². The van der Waals surface area contributed by atoms with Gasteiger partial charge in [0.15, 0.2) is 21.9 Å². The van der Waals surface area contributed by atoms with Gasteiger partial charge in [0.1, 0.15) is 24.5 Å². The lowest BCUT2D eigenvalue weighted by atomic mass is 10.2. The van der Waals surface area contributed by atoms with Crippen LogP contribution in [0.4, 0.5) is 20.3 Å². The topological polar surface area (TPSA) is 91.5 Å². The molecule has 1 saturated heterocycles.